The third kappa shape index (κ3) is 2.64. The lowest BCUT2D eigenvalue weighted by molar-refractivity contribution is -0.137. The van der Waals surface area contributed by atoms with E-state index in [4.69, 9.17) is 5.11 Å². The van der Waals surface area contributed by atoms with Gasteiger partial charge in [-0.3, -0.25) is 9.48 Å². The van der Waals surface area contributed by atoms with E-state index in [2.05, 4.69) is 15.2 Å². The Hall–Kier alpha value is -2.18. The summed E-state index contributed by atoms with van der Waals surface area (Å²) in [4.78, 5) is 15.1. The summed E-state index contributed by atoms with van der Waals surface area (Å²) in [6.45, 7) is 7.55. The molecule has 102 valence electrons. The minimum absolute atomic E-state index is 0.218. The predicted octanol–water partition coefficient (Wildman–Crippen LogP) is 1.42. The van der Waals surface area contributed by atoms with Crippen LogP contribution in [0, 0.1) is 13.8 Å². The van der Waals surface area contributed by atoms with Crippen molar-refractivity contribution in [2.24, 2.45) is 0 Å². The van der Waals surface area contributed by atoms with Crippen molar-refractivity contribution in [1.29, 1.82) is 0 Å². The van der Waals surface area contributed by atoms with Gasteiger partial charge in [0.25, 0.3) is 0 Å². The highest BCUT2D eigenvalue weighted by Gasteiger charge is 2.17. The molecule has 2 aromatic rings. The van der Waals surface area contributed by atoms with Crippen LogP contribution in [-0.2, 0) is 11.3 Å². The van der Waals surface area contributed by atoms with E-state index in [-0.39, 0.29) is 12.6 Å². The van der Waals surface area contributed by atoms with Gasteiger partial charge in [-0.05, 0) is 33.8 Å². The third-order valence-electron chi connectivity index (χ3n) is 2.70. The highest BCUT2D eigenvalue weighted by Crippen LogP contribution is 2.19. The van der Waals surface area contributed by atoms with E-state index in [1.165, 1.54) is 4.68 Å². The zero-order valence-corrected chi connectivity index (χ0v) is 11.5. The summed E-state index contributed by atoms with van der Waals surface area (Å²) in [6, 6.07) is 2.13. The smallest absolute Gasteiger partial charge is 0.325 e. The van der Waals surface area contributed by atoms with Gasteiger partial charge >= 0.3 is 5.97 Å². The molecular formula is C12H17N5O2. The van der Waals surface area contributed by atoms with Crippen molar-refractivity contribution in [2.75, 3.05) is 0 Å². The number of carbonyl (C=O) groups is 1. The van der Waals surface area contributed by atoms with E-state index in [1.807, 2.05) is 31.5 Å². The molecular weight excluding hydrogens is 246 g/mol. The quantitative estimate of drug-likeness (QED) is 0.901. The Morgan fingerprint density at radius 2 is 2.05 bits per heavy atom. The van der Waals surface area contributed by atoms with Gasteiger partial charge in [0.2, 0.25) is 0 Å². The van der Waals surface area contributed by atoms with E-state index < -0.39 is 5.97 Å². The van der Waals surface area contributed by atoms with Crippen LogP contribution >= 0.6 is 0 Å². The van der Waals surface area contributed by atoms with Gasteiger partial charge in [0.1, 0.15) is 18.1 Å². The number of aliphatic carboxylic acids is 1. The number of carboxylic acids is 1. The first-order valence-electron chi connectivity index (χ1n) is 6.08. The number of aromatic nitrogens is 5. The summed E-state index contributed by atoms with van der Waals surface area (Å²) in [5.74, 6) is 0.0709. The molecule has 0 fully saturated rings. The lowest BCUT2D eigenvalue weighted by Gasteiger charge is -2.06. The number of nitrogens with zero attached hydrogens (tertiary/aromatic N) is 5. The number of carboxylic acid groups (broad SMARTS) is 1. The highest BCUT2D eigenvalue weighted by molar-refractivity contribution is 5.67. The lowest BCUT2D eigenvalue weighted by atomic mass is 10.3. The zero-order valence-electron chi connectivity index (χ0n) is 11.5. The second kappa shape index (κ2) is 4.83. The number of aryl methyl sites for hydroxylation is 2. The highest BCUT2D eigenvalue weighted by atomic mass is 16.4. The summed E-state index contributed by atoms with van der Waals surface area (Å²) < 4.78 is 3.24. The number of rotatable bonds is 4. The van der Waals surface area contributed by atoms with Crippen molar-refractivity contribution >= 4 is 5.97 Å². The van der Waals surface area contributed by atoms with Gasteiger partial charge in [0, 0.05) is 11.7 Å². The molecule has 7 heteroatoms. The molecule has 0 bridgehead atoms. The Labute approximate surface area is 110 Å². The fourth-order valence-corrected chi connectivity index (χ4v) is 2.00. The Bertz CT molecular complexity index is 612. The largest absolute Gasteiger partial charge is 0.480 e. The van der Waals surface area contributed by atoms with E-state index >= 15 is 0 Å². The van der Waals surface area contributed by atoms with Crippen LogP contribution < -0.4 is 0 Å². The summed E-state index contributed by atoms with van der Waals surface area (Å²) in [7, 11) is 0. The first-order valence-corrected chi connectivity index (χ1v) is 6.08. The molecule has 0 saturated heterocycles. The molecule has 0 spiro atoms. The molecule has 19 heavy (non-hydrogen) atoms. The third-order valence-corrected chi connectivity index (χ3v) is 2.70. The van der Waals surface area contributed by atoms with E-state index in [1.54, 1.807) is 6.92 Å². The molecule has 0 aromatic carbocycles. The lowest BCUT2D eigenvalue weighted by Crippen LogP contribution is -2.12. The number of hydrogen-bond donors (Lipinski definition) is 1. The van der Waals surface area contributed by atoms with Crippen LogP contribution in [0.2, 0.25) is 0 Å². The molecule has 0 aliphatic heterocycles. The van der Waals surface area contributed by atoms with Crippen molar-refractivity contribution in [1.82, 2.24) is 24.5 Å². The molecule has 2 rings (SSSR count). The summed E-state index contributed by atoms with van der Waals surface area (Å²) in [5.41, 5.74) is 1.65. The summed E-state index contributed by atoms with van der Waals surface area (Å²) >= 11 is 0. The topological polar surface area (TPSA) is 85.8 Å². The zero-order chi connectivity index (χ0) is 14.2. The van der Waals surface area contributed by atoms with Crippen LogP contribution in [0.1, 0.15) is 31.4 Å². The van der Waals surface area contributed by atoms with Crippen molar-refractivity contribution in [3.63, 3.8) is 0 Å². The first-order chi connectivity index (χ1) is 8.88. The molecule has 0 atom stereocenters. The number of hydrogen-bond acceptors (Lipinski definition) is 4. The van der Waals surface area contributed by atoms with Gasteiger partial charge in [0.15, 0.2) is 5.82 Å². The van der Waals surface area contributed by atoms with Crippen molar-refractivity contribution in [3.05, 3.63) is 17.6 Å². The fraction of sp³-hybridized carbons (Fsp3) is 0.500. The maximum absolute atomic E-state index is 10.8. The normalized spacial score (nSPS) is 11.2. The maximum Gasteiger partial charge on any atom is 0.325 e. The molecule has 1 N–H and O–H groups in total. The molecule has 0 unspecified atom stereocenters. The second-order valence-corrected chi connectivity index (χ2v) is 4.74. The maximum atomic E-state index is 10.8. The first kappa shape index (κ1) is 13.3. The molecule has 0 aliphatic carbocycles. The van der Waals surface area contributed by atoms with Gasteiger partial charge in [0.05, 0.1) is 0 Å². The van der Waals surface area contributed by atoms with Gasteiger partial charge < -0.3 is 5.11 Å². The average molecular weight is 263 g/mol. The molecule has 7 nitrogen and oxygen atoms in total. The van der Waals surface area contributed by atoms with Gasteiger partial charge in [-0.2, -0.15) is 10.2 Å². The van der Waals surface area contributed by atoms with Crippen molar-refractivity contribution in [2.45, 2.75) is 40.3 Å². The standard InChI is InChI=1S/C12H17N5O2/c1-7(2)17-8(3)5-10(15-17)12-13-9(4)14-16(12)6-11(18)19/h5,7H,6H2,1-4H3,(H,18,19). The van der Waals surface area contributed by atoms with E-state index in [9.17, 15) is 4.79 Å². The minimum atomic E-state index is -0.953. The van der Waals surface area contributed by atoms with Crippen molar-refractivity contribution in [3.8, 4) is 11.5 Å². The van der Waals surface area contributed by atoms with E-state index in [0.29, 0.717) is 17.3 Å². The molecule has 0 aliphatic rings. The van der Waals surface area contributed by atoms with Crippen LogP contribution in [-0.4, -0.2) is 35.6 Å². The Morgan fingerprint density at radius 1 is 1.37 bits per heavy atom. The van der Waals surface area contributed by atoms with E-state index in [0.717, 1.165) is 5.69 Å². The Morgan fingerprint density at radius 3 is 2.58 bits per heavy atom. The SMILES string of the molecule is Cc1nc(-c2cc(C)n(C(C)C)n2)n(CC(=O)O)n1. The molecule has 0 radical (unpaired) electrons. The van der Waals surface area contributed by atoms with Crippen LogP contribution in [0.5, 0.6) is 0 Å². The predicted molar refractivity (Wildman–Crippen MR) is 68.7 cm³/mol. The Kier molecular flexibility index (Phi) is 3.37. The summed E-state index contributed by atoms with van der Waals surface area (Å²) in [5, 5.41) is 17.4. The minimum Gasteiger partial charge on any atom is -0.480 e. The van der Waals surface area contributed by atoms with Crippen LogP contribution in [0.3, 0.4) is 0 Å². The van der Waals surface area contributed by atoms with Crippen LogP contribution in [0.4, 0.5) is 0 Å². The van der Waals surface area contributed by atoms with Gasteiger partial charge in [-0.25, -0.2) is 9.67 Å². The van der Waals surface area contributed by atoms with Gasteiger partial charge in [-0.15, -0.1) is 0 Å². The van der Waals surface area contributed by atoms with Crippen molar-refractivity contribution < 1.29 is 9.90 Å². The fourth-order valence-electron chi connectivity index (χ4n) is 2.00. The second-order valence-electron chi connectivity index (χ2n) is 4.74. The van der Waals surface area contributed by atoms with Crippen LogP contribution in [0.15, 0.2) is 6.07 Å². The molecule has 0 amide bonds. The van der Waals surface area contributed by atoms with Crippen LogP contribution in [0.25, 0.3) is 11.5 Å². The monoisotopic (exact) mass is 263 g/mol. The molecule has 2 heterocycles. The average Bonchev–Trinajstić information content (AvgIpc) is 2.81. The molecule has 2 aromatic heterocycles. The Balaban J connectivity index is 2.46. The van der Waals surface area contributed by atoms with Gasteiger partial charge in [-0.1, -0.05) is 0 Å². The molecule has 0 saturated carbocycles. The summed E-state index contributed by atoms with van der Waals surface area (Å²) in [6.07, 6.45) is 0.